The molecule has 0 aromatic carbocycles. The molecule has 1 N–H and O–H groups in total. The van der Waals surface area contributed by atoms with Crippen LogP contribution in [-0.4, -0.2) is 41.1 Å². The lowest BCUT2D eigenvalue weighted by atomic mass is 10.0. The molecule has 0 aromatic heterocycles. The summed E-state index contributed by atoms with van der Waals surface area (Å²) in [6, 6.07) is -0.209. The Labute approximate surface area is 102 Å². The summed E-state index contributed by atoms with van der Waals surface area (Å²) in [6.45, 7) is 4.27. The molecule has 4 nitrogen and oxygen atoms in total. The number of hydrogen-bond acceptors (Lipinski definition) is 3. The van der Waals surface area contributed by atoms with Crippen LogP contribution in [0.3, 0.4) is 0 Å². The molecule has 0 aliphatic carbocycles. The fourth-order valence-corrected chi connectivity index (χ4v) is 2.30. The lowest BCUT2D eigenvalue weighted by Crippen LogP contribution is -2.53. The Bertz CT molecular complexity index is 271. The van der Waals surface area contributed by atoms with E-state index in [1.807, 2.05) is 4.90 Å². The molecule has 1 heterocycles. The monoisotopic (exact) mass is 244 g/mol. The Balaban J connectivity index is 2.62. The Morgan fingerprint density at radius 2 is 2.19 bits per heavy atom. The Morgan fingerprint density at radius 1 is 1.50 bits per heavy atom. The lowest BCUT2D eigenvalue weighted by Gasteiger charge is -2.35. The molecule has 0 saturated carbocycles. The van der Waals surface area contributed by atoms with Gasteiger partial charge in [0, 0.05) is 25.3 Å². The van der Waals surface area contributed by atoms with E-state index >= 15 is 0 Å². The summed E-state index contributed by atoms with van der Waals surface area (Å²) in [4.78, 5) is 25.0. The number of carbonyl (C=O) groups excluding carboxylic acids is 2. The maximum Gasteiger partial charge on any atom is 0.246 e. The van der Waals surface area contributed by atoms with Gasteiger partial charge in [-0.05, 0) is 26.2 Å². The number of thiol groups is 1. The van der Waals surface area contributed by atoms with Gasteiger partial charge in [0.25, 0.3) is 0 Å². The molecule has 1 saturated heterocycles. The van der Waals surface area contributed by atoms with Crippen molar-refractivity contribution in [3.8, 4) is 0 Å². The van der Waals surface area contributed by atoms with Crippen LogP contribution in [0.15, 0.2) is 0 Å². The Morgan fingerprint density at radius 3 is 2.69 bits per heavy atom. The second kappa shape index (κ2) is 6.13. The zero-order valence-electron chi connectivity index (χ0n) is 9.90. The van der Waals surface area contributed by atoms with E-state index in [4.69, 9.17) is 0 Å². The van der Waals surface area contributed by atoms with Gasteiger partial charge >= 0.3 is 0 Å². The Kier molecular flexibility index (Phi) is 5.12. The van der Waals surface area contributed by atoms with Crippen molar-refractivity contribution in [2.24, 2.45) is 0 Å². The first-order valence-electron chi connectivity index (χ1n) is 5.74. The number of amides is 2. The van der Waals surface area contributed by atoms with Gasteiger partial charge in [-0.25, -0.2) is 0 Å². The summed E-state index contributed by atoms with van der Waals surface area (Å²) in [5.41, 5.74) is 0. The van der Waals surface area contributed by atoms with Gasteiger partial charge in [0.1, 0.15) is 6.04 Å². The van der Waals surface area contributed by atoms with Crippen molar-refractivity contribution in [1.82, 2.24) is 10.2 Å². The predicted octanol–water partition coefficient (Wildman–Crippen LogP) is 0.822. The third-order valence-corrected chi connectivity index (χ3v) is 3.31. The van der Waals surface area contributed by atoms with E-state index in [0.29, 0.717) is 5.75 Å². The van der Waals surface area contributed by atoms with Gasteiger partial charge in [0.2, 0.25) is 11.8 Å². The minimum atomic E-state index is -0.485. The quantitative estimate of drug-likeness (QED) is 0.722. The van der Waals surface area contributed by atoms with E-state index < -0.39 is 6.04 Å². The van der Waals surface area contributed by atoms with Gasteiger partial charge in [-0.2, -0.15) is 12.6 Å². The standard InChI is InChI=1S/C11H20N2O2S/c1-8-5-3-4-6-13(8)11(15)10(7-16)12-9(2)14/h8,10,16H,3-7H2,1-2H3,(H,12,14). The highest BCUT2D eigenvalue weighted by molar-refractivity contribution is 7.80. The molecular weight excluding hydrogens is 224 g/mol. The molecule has 1 fully saturated rings. The second-order valence-corrected chi connectivity index (χ2v) is 4.68. The van der Waals surface area contributed by atoms with Crippen molar-refractivity contribution >= 4 is 24.4 Å². The van der Waals surface area contributed by atoms with Crippen LogP contribution in [0, 0.1) is 0 Å². The van der Waals surface area contributed by atoms with Crippen LogP contribution in [0.2, 0.25) is 0 Å². The SMILES string of the molecule is CC(=O)NC(CS)C(=O)N1CCCCC1C. The van der Waals surface area contributed by atoms with Crippen LogP contribution >= 0.6 is 12.6 Å². The van der Waals surface area contributed by atoms with Crippen LogP contribution in [0.4, 0.5) is 0 Å². The zero-order chi connectivity index (χ0) is 12.1. The normalized spacial score (nSPS) is 22.7. The average Bonchev–Trinajstić information content (AvgIpc) is 2.25. The van der Waals surface area contributed by atoms with Crippen molar-refractivity contribution in [2.75, 3.05) is 12.3 Å². The minimum absolute atomic E-state index is 0.00241. The van der Waals surface area contributed by atoms with Gasteiger partial charge in [-0.3, -0.25) is 9.59 Å². The molecule has 0 radical (unpaired) electrons. The molecule has 0 aromatic rings. The molecule has 5 heteroatoms. The van der Waals surface area contributed by atoms with Crippen LogP contribution in [0.25, 0.3) is 0 Å². The van der Waals surface area contributed by atoms with Gasteiger partial charge in [-0.1, -0.05) is 0 Å². The molecular formula is C11H20N2O2S. The molecule has 2 atom stereocenters. The summed E-state index contributed by atoms with van der Waals surface area (Å²) in [5, 5.41) is 2.64. The fraction of sp³-hybridized carbons (Fsp3) is 0.818. The highest BCUT2D eigenvalue weighted by Crippen LogP contribution is 2.17. The summed E-state index contributed by atoms with van der Waals surface area (Å²) in [6.07, 6.45) is 3.27. The Hall–Kier alpha value is -0.710. The maximum atomic E-state index is 12.1. The third-order valence-electron chi connectivity index (χ3n) is 2.94. The summed E-state index contributed by atoms with van der Waals surface area (Å²) >= 11 is 4.12. The topological polar surface area (TPSA) is 49.4 Å². The molecule has 0 bridgehead atoms. The highest BCUT2D eigenvalue weighted by Gasteiger charge is 2.28. The summed E-state index contributed by atoms with van der Waals surface area (Å²) < 4.78 is 0. The van der Waals surface area contributed by atoms with E-state index in [0.717, 1.165) is 19.4 Å². The van der Waals surface area contributed by atoms with Crippen molar-refractivity contribution < 1.29 is 9.59 Å². The van der Waals surface area contributed by atoms with Crippen LogP contribution < -0.4 is 5.32 Å². The molecule has 16 heavy (non-hydrogen) atoms. The van der Waals surface area contributed by atoms with Crippen LogP contribution in [0.5, 0.6) is 0 Å². The molecule has 0 spiro atoms. The number of nitrogens with one attached hydrogen (secondary N) is 1. The number of likely N-dealkylation sites (tertiary alicyclic amines) is 1. The summed E-state index contributed by atoms with van der Waals surface area (Å²) in [5.74, 6) is 0.163. The smallest absolute Gasteiger partial charge is 0.246 e. The van der Waals surface area contributed by atoms with Crippen molar-refractivity contribution in [3.63, 3.8) is 0 Å². The van der Waals surface area contributed by atoms with E-state index in [1.165, 1.54) is 13.3 Å². The first-order chi connectivity index (χ1) is 7.56. The minimum Gasteiger partial charge on any atom is -0.344 e. The van der Waals surface area contributed by atoms with Crippen LogP contribution in [-0.2, 0) is 9.59 Å². The molecule has 1 aliphatic rings. The van der Waals surface area contributed by atoms with Crippen molar-refractivity contribution in [3.05, 3.63) is 0 Å². The maximum absolute atomic E-state index is 12.1. The van der Waals surface area contributed by atoms with E-state index in [1.54, 1.807) is 0 Å². The van der Waals surface area contributed by atoms with Gasteiger partial charge in [0.15, 0.2) is 0 Å². The first kappa shape index (κ1) is 13.4. The van der Waals surface area contributed by atoms with Crippen molar-refractivity contribution in [2.45, 2.75) is 45.2 Å². The van der Waals surface area contributed by atoms with E-state index in [-0.39, 0.29) is 17.9 Å². The number of hydrogen-bond donors (Lipinski definition) is 2. The molecule has 92 valence electrons. The zero-order valence-corrected chi connectivity index (χ0v) is 10.8. The predicted molar refractivity (Wildman–Crippen MR) is 66.5 cm³/mol. The molecule has 1 rings (SSSR count). The van der Waals surface area contributed by atoms with E-state index in [2.05, 4.69) is 24.9 Å². The molecule has 2 amide bonds. The first-order valence-corrected chi connectivity index (χ1v) is 6.38. The van der Waals surface area contributed by atoms with Gasteiger partial charge in [0.05, 0.1) is 0 Å². The number of nitrogens with zero attached hydrogens (tertiary/aromatic N) is 1. The summed E-state index contributed by atoms with van der Waals surface area (Å²) in [7, 11) is 0. The average molecular weight is 244 g/mol. The number of carbonyl (C=O) groups is 2. The number of rotatable bonds is 3. The second-order valence-electron chi connectivity index (χ2n) is 4.31. The van der Waals surface area contributed by atoms with Crippen LogP contribution in [0.1, 0.15) is 33.1 Å². The lowest BCUT2D eigenvalue weighted by molar-refractivity contribution is -0.138. The third kappa shape index (κ3) is 3.40. The van der Waals surface area contributed by atoms with Crippen molar-refractivity contribution in [1.29, 1.82) is 0 Å². The van der Waals surface area contributed by atoms with Gasteiger partial charge in [-0.15, -0.1) is 0 Å². The van der Waals surface area contributed by atoms with E-state index in [9.17, 15) is 9.59 Å². The highest BCUT2D eigenvalue weighted by atomic mass is 32.1. The number of piperidine rings is 1. The largest absolute Gasteiger partial charge is 0.344 e. The fourth-order valence-electron chi connectivity index (χ4n) is 2.06. The molecule has 2 unspecified atom stereocenters. The van der Waals surface area contributed by atoms with Gasteiger partial charge < -0.3 is 10.2 Å². The molecule has 1 aliphatic heterocycles.